The normalized spacial score (nSPS) is 22.3. The summed E-state index contributed by atoms with van der Waals surface area (Å²) in [7, 11) is 2.09. The smallest absolute Gasteiger partial charge is 0.318 e. The number of carbonyl (C=O) groups is 1. The van der Waals surface area contributed by atoms with Gasteiger partial charge in [-0.3, -0.25) is 4.79 Å². The van der Waals surface area contributed by atoms with Gasteiger partial charge in [-0.1, -0.05) is 30.8 Å². The first-order valence-corrected chi connectivity index (χ1v) is 14.6. The summed E-state index contributed by atoms with van der Waals surface area (Å²) in [6, 6.07) is 9.84. The molecule has 2 N–H and O–H groups in total. The monoisotopic (exact) mass is 586 g/mol. The molecule has 5 heterocycles. The molecule has 0 bridgehead atoms. The lowest BCUT2D eigenvalue weighted by Gasteiger charge is -2.40. The van der Waals surface area contributed by atoms with Crippen molar-refractivity contribution in [2.24, 2.45) is 0 Å². The fraction of sp³-hybridized carbons (Fsp3) is 0.452. The number of rotatable bonds is 7. The third-order valence-corrected chi connectivity index (χ3v) is 8.61. The molecule has 224 valence electrons. The molecule has 2 saturated heterocycles. The Hall–Kier alpha value is -4.34. The summed E-state index contributed by atoms with van der Waals surface area (Å²) in [6.07, 6.45) is 2.23. The van der Waals surface area contributed by atoms with Crippen molar-refractivity contribution < 1.29 is 18.7 Å². The molecule has 1 unspecified atom stereocenters. The topological polar surface area (TPSA) is 114 Å². The zero-order valence-corrected chi connectivity index (χ0v) is 24.2. The summed E-state index contributed by atoms with van der Waals surface area (Å²) in [6.45, 7) is 13.3. The molecule has 0 spiro atoms. The van der Waals surface area contributed by atoms with Crippen LogP contribution in [0, 0.1) is 6.57 Å². The maximum Gasteiger partial charge on any atom is 0.318 e. The van der Waals surface area contributed by atoms with Gasteiger partial charge in [0.1, 0.15) is 30.4 Å². The van der Waals surface area contributed by atoms with Crippen LogP contribution in [0.4, 0.5) is 16.0 Å². The van der Waals surface area contributed by atoms with Crippen molar-refractivity contribution in [2.45, 2.75) is 44.1 Å². The number of aromatic nitrogens is 3. The minimum Gasteiger partial charge on any atom is -0.462 e. The Bertz CT molecular complexity index is 1590. The predicted molar refractivity (Wildman–Crippen MR) is 160 cm³/mol. The summed E-state index contributed by atoms with van der Waals surface area (Å²) in [5, 5.41) is 1.96. The second kappa shape index (κ2) is 12.1. The molecule has 6 rings (SSSR count). The molecule has 0 saturated carbocycles. The summed E-state index contributed by atoms with van der Waals surface area (Å²) in [4.78, 5) is 36.1. The van der Waals surface area contributed by atoms with Crippen LogP contribution in [0.3, 0.4) is 0 Å². The van der Waals surface area contributed by atoms with Crippen molar-refractivity contribution in [1.29, 1.82) is 0 Å². The van der Waals surface area contributed by atoms with Gasteiger partial charge in [0, 0.05) is 43.0 Å². The van der Waals surface area contributed by atoms with Crippen molar-refractivity contribution >= 4 is 28.3 Å². The van der Waals surface area contributed by atoms with Gasteiger partial charge in [-0.2, -0.15) is 9.97 Å². The van der Waals surface area contributed by atoms with Crippen molar-refractivity contribution in [1.82, 2.24) is 24.8 Å². The van der Waals surface area contributed by atoms with Crippen molar-refractivity contribution in [3.05, 3.63) is 71.1 Å². The van der Waals surface area contributed by atoms with E-state index in [1.165, 1.54) is 4.90 Å². The minimum absolute atomic E-state index is 0.0346. The van der Waals surface area contributed by atoms with Gasteiger partial charge in [0.2, 0.25) is 6.54 Å². The number of benzene rings is 1. The van der Waals surface area contributed by atoms with Crippen molar-refractivity contribution in [2.75, 3.05) is 57.0 Å². The van der Waals surface area contributed by atoms with E-state index >= 15 is 0 Å². The average molecular weight is 587 g/mol. The van der Waals surface area contributed by atoms with Crippen molar-refractivity contribution in [3.8, 4) is 6.01 Å². The number of pyridine rings is 1. The zero-order valence-electron chi connectivity index (χ0n) is 24.2. The largest absolute Gasteiger partial charge is 0.462 e. The van der Waals surface area contributed by atoms with E-state index in [1.54, 1.807) is 0 Å². The summed E-state index contributed by atoms with van der Waals surface area (Å²) in [5.41, 5.74) is 8.55. The van der Waals surface area contributed by atoms with Gasteiger partial charge >= 0.3 is 6.01 Å². The average Bonchev–Trinajstić information content (AvgIpc) is 3.42. The van der Waals surface area contributed by atoms with E-state index in [4.69, 9.17) is 31.7 Å². The highest BCUT2D eigenvalue weighted by Gasteiger charge is 2.37. The third kappa shape index (κ3) is 5.83. The van der Waals surface area contributed by atoms with Gasteiger partial charge in [-0.05, 0) is 37.9 Å². The number of likely N-dealkylation sites (N-methyl/N-ethyl adjacent to an activating group) is 1. The Balaban J connectivity index is 1.34. The molecule has 11 nitrogen and oxygen atoms in total. The molecule has 2 aromatic heterocycles. The second-order valence-corrected chi connectivity index (χ2v) is 11.3. The Morgan fingerprint density at radius 1 is 1.23 bits per heavy atom. The third-order valence-electron chi connectivity index (χ3n) is 8.61. The first-order chi connectivity index (χ1) is 20.8. The molecule has 0 aliphatic carbocycles. The zero-order chi connectivity index (χ0) is 30.1. The molecular weight excluding hydrogens is 551 g/mol. The molecule has 3 aromatic rings. The number of anilines is 2. The highest BCUT2D eigenvalue weighted by Crippen LogP contribution is 2.37. The number of piperazine rings is 1. The quantitative estimate of drug-likeness (QED) is 0.329. The lowest BCUT2D eigenvalue weighted by Crippen LogP contribution is -2.57. The molecule has 12 heteroatoms. The number of ether oxygens (including phenoxy) is 2. The van der Waals surface area contributed by atoms with Gasteiger partial charge in [-0.25, -0.2) is 15.9 Å². The number of likely N-dealkylation sites (tertiary alicyclic amines) is 1. The Kier molecular flexibility index (Phi) is 8.10. The molecule has 43 heavy (non-hydrogen) atoms. The van der Waals surface area contributed by atoms with E-state index in [9.17, 15) is 9.18 Å². The van der Waals surface area contributed by atoms with Crippen LogP contribution in [0.2, 0.25) is 0 Å². The number of nitrogens with two attached hydrogens (primary N) is 1. The van der Waals surface area contributed by atoms with E-state index in [1.807, 2.05) is 35.2 Å². The number of amides is 1. The van der Waals surface area contributed by atoms with Gasteiger partial charge < -0.3 is 34.8 Å². The van der Waals surface area contributed by atoms with Crippen LogP contribution in [0.25, 0.3) is 15.6 Å². The maximum atomic E-state index is 13.8. The van der Waals surface area contributed by atoms with E-state index in [-0.39, 0.29) is 37.9 Å². The number of hydrogen-bond acceptors (Lipinski definition) is 9. The van der Waals surface area contributed by atoms with Crippen LogP contribution in [0.15, 0.2) is 42.7 Å². The molecule has 3 aliphatic heterocycles. The van der Waals surface area contributed by atoms with Crippen LogP contribution < -0.4 is 15.4 Å². The highest BCUT2D eigenvalue weighted by molar-refractivity contribution is 5.91. The SMILES string of the molecule is [C-]#[N+]C[C@@H]1CN(c2nc(OC[C@H]3CCCN3C)nc3c2COC(c2nc(N)cc4ccccc24)C3)CCN1C(=O)C(=C)F. The van der Waals surface area contributed by atoms with Gasteiger partial charge in [0.15, 0.2) is 5.83 Å². The Labute approximate surface area is 249 Å². The molecule has 1 aromatic carbocycles. The van der Waals surface area contributed by atoms with E-state index < -0.39 is 17.8 Å². The minimum atomic E-state index is -1.03. The summed E-state index contributed by atoms with van der Waals surface area (Å²) >= 11 is 0. The standard InChI is InChI=1S/C31H35FN8O3/c1-19(32)30(41)40-12-11-39(16-22(40)15-34-2)29-24-18-42-26(28-23-9-5-4-7-20(23)13-27(33)36-28)14-25(24)35-31(37-29)43-17-21-8-6-10-38(21)3/h4-5,7,9,13,21-22,26H,1,6,8,10-12,14-18H2,3H3,(H2,33,36)/t21-,22-,26?/m1/s1. The van der Waals surface area contributed by atoms with Gasteiger partial charge in [0.05, 0.1) is 18.0 Å². The Morgan fingerprint density at radius 3 is 2.84 bits per heavy atom. The number of halogens is 1. The molecule has 3 atom stereocenters. The van der Waals surface area contributed by atoms with E-state index in [2.05, 4.69) is 28.4 Å². The lowest BCUT2D eigenvalue weighted by molar-refractivity contribution is -0.131. The van der Waals surface area contributed by atoms with Crippen LogP contribution >= 0.6 is 0 Å². The molecule has 2 fully saturated rings. The molecular formula is C31H35FN8O3. The van der Waals surface area contributed by atoms with Crippen LogP contribution in [0.1, 0.15) is 35.9 Å². The number of nitrogen functional groups attached to an aromatic ring is 1. The highest BCUT2D eigenvalue weighted by atomic mass is 19.1. The first-order valence-electron chi connectivity index (χ1n) is 14.6. The molecule has 1 amide bonds. The second-order valence-electron chi connectivity index (χ2n) is 11.3. The molecule has 0 radical (unpaired) electrons. The summed E-state index contributed by atoms with van der Waals surface area (Å²) in [5.74, 6) is -0.747. The maximum absolute atomic E-state index is 13.8. The van der Waals surface area contributed by atoms with Crippen LogP contribution in [0.5, 0.6) is 6.01 Å². The lowest BCUT2D eigenvalue weighted by atomic mass is 9.98. The summed E-state index contributed by atoms with van der Waals surface area (Å²) < 4.78 is 26.4. The first kappa shape index (κ1) is 28.8. The van der Waals surface area contributed by atoms with Crippen LogP contribution in [-0.2, 0) is 22.6 Å². The fourth-order valence-corrected chi connectivity index (χ4v) is 6.32. The van der Waals surface area contributed by atoms with E-state index in [0.29, 0.717) is 37.8 Å². The van der Waals surface area contributed by atoms with Gasteiger partial charge in [-0.15, -0.1) is 0 Å². The van der Waals surface area contributed by atoms with Gasteiger partial charge in [0.25, 0.3) is 5.91 Å². The van der Waals surface area contributed by atoms with Crippen LogP contribution in [-0.4, -0.2) is 89.1 Å². The van der Waals surface area contributed by atoms with E-state index in [0.717, 1.165) is 47.1 Å². The van der Waals surface area contributed by atoms with Crippen molar-refractivity contribution in [3.63, 3.8) is 0 Å². The number of carbonyl (C=O) groups excluding carboxylic acids is 1. The fourth-order valence-electron chi connectivity index (χ4n) is 6.32. The predicted octanol–water partition coefficient (Wildman–Crippen LogP) is 3.31. The number of nitrogens with zero attached hydrogens (tertiary/aromatic N) is 7. The Morgan fingerprint density at radius 2 is 2.07 bits per heavy atom. The number of fused-ring (bicyclic) bond motifs is 2. The molecule has 3 aliphatic rings. The number of hydrogen-bond donors (Lipinski definition) is 1.